The molecule has 0 spiro atoms. The van der Waals surface area contributed by atoms with Crippen LogP contribution in [0, 0.1) is 5.82 Å². The number of anilines is 1. The van der Waals surface area contributed by atoms with Crippen LogP contribution in [0.4, 0.5) is 10.3 Å². The van der Waals surface area contributed by atoms with E-state index in [9.17, 15) is 9.18 Å². The smallest absolute Gasteiger partial charge is 0.248 e. The second-order valence-electron chi connectivity index (χ2n) is 6.98. The average molecular weight is 364 g/mol. The molecule has 6 heteroatoms. The summed E-state index contributed by atoms with van der Waals surface area (Å²) in [6, 6.07) is 13.5. The maximum atomic E-state index is 13.1. The third-order valence-corrected chi connectivity index (χ3v) is 4.45. The number of hydrogen-bond donors (Lipinski definition) is 2. The van der Waals surface area contributed by atoms with E-state index in [4.69, 9.17) is 5.73 Å². The van der Waals surface area contributed by atoms with Gasteiger partial charge in [0.15, 0.2) is 0 Å². The molecule has 27 heavy (non-hydrogen) atoms. The Balaban J connectivity index is 1.70. The number of rotatable bonds is 6. The van der Waals surface area contributed by atoms with E-state index in [1.807, 2.05) is 6.07 Å². The first kappa shape index (κ1) is 18.5. The molecule has 1 heterocycles. The summed E-state index contributed by atoms with van der Waals surface area (Å²) in [5.41, 5.74) is 8.19. The number of amides is 1. The highest BCUT2D eigenvalue weighted by molar-refractivity contribution is 5.94. The number of primary amides is 1. The van der Waals surface area contributed by atoms with E-state index in [1.165, 1.54) is 12.1 Å². The quantitative estimate of drug-likeness (QED) is 0.698. The number of carbonyl (C=O) groups is 1. The topological polar surface area (TPSA) is 80.9 Å². The highest BCUT2D eigenvalue weighted by atomic mass is 19.1. The lowest BCUT2D eigenvalue weighted by Gasteiger charge is -2.25. The summed E-state index contributed by atoms with van der Waals surface area (Å²) in [6.07, 6.45) is 3.39. The Kier molecular flexibility index (Phi) is 5.16. The van der Waals surface area contributed by atoms with Crippen LogP contribution < -0.4 is 11.1 Å². The van der Waals surface area contributed by atoms with Gasteiger partial charge in [0, 0.05) is 35.5 Å². The van der Waals surface area contributed by atoms with E-state index in [1.54, 1.807) is 42.7 Å². The van der Waals surface area contributed by atoms with Crippen molar-refractivity contribution < 1.29 is 9.18 Å². The van der Waals surface area contributed by atoms with E-state index in [0.717, 1.165) is 16.7 Å². The molecule has 3 N–H and O–H groups in total. The molecule has 2 aromatic carbocycles. The molecule has 0 saturated heterocycles. The first-order valence-electron chi connectivity index (χ1n) is 8.57. The predicted octanol–water partition coefficient (Wildman–Crippen LogP) is 3.77. The number of nitrogens with one attached hydrogen (secondary N) is 1. The fourth-order valence-electron chi connectivity index (χ4n) is 2.72. The highest BCUT2D eigenvalue weighted by Crippen LogP contribution is 2.24. The van der Waals surface area contributed by atoms with Crippen molar-refractivity contribution in [1.29, 1.82) is 0 Å². The monoisotopic (exact) mass is 364 g/mol. The van der Waals surface area contributed by atoms with Crippen molar-refractivity contribution in [1.82, 2.24) is 9.97 Å². The number of nitrogens with zero attached hydrogens (tertiary/aromatic N) is 2. The summed E-state index contributed by atoms with van der Waals surface area (Å²) in [7, 11) is 0. The largest absolute Gasteiger partial charge is 0.366 e. The fraction of sp³-hybridized carbons (Fsp3) is 0.190. The lowest BCUT2D eigenvalue weighted by atomic mass is 9.84. The molecule has 1 aromatic heterocycles. The lowest BCUT2D eigenvalue weighted by Crippen LogP contribution is -2.28. The summed E-state index contributed by atoms with van der Waals surface area (Å²) >= 11 is 0. The highest BCUT2D eigenvalue weighted by Gasteiger charge is 2.20. The Morgan fingerprint density at radius 1 is 1.07 bits per heavy atom. The van der Waals surface area contributed by atoms with Crippen molar-refractivity contribution in [2.75, 3.05) is 11.9 Å². The van der Waals surface area contributed by atoms with Gasteiger partial charge in [-0.1, -0.05) is 38.1 Å². The van der Waals surface area contributed by atoms with Crippen molar-refractivity contribution in [3.63, 3.8) is 0 Å². The van der Waals surface area contributed by atoms with E-state index < -0.39 is 5.91 Å². The van der Waals surface area contributed by atoms with Crippen molar-refractivity contribution in [2.45, 2.75) is 19.3 Å². The SMILES string of the molecule is CC(C)(CNc1ncc(-c2cccc(C(N)=O)c2)cn1)c1ccc(F)cc1. The van der Waals surface area contributed by atoms with Crippen molar-refractivity contribution in [3.8, 4) is 11.1 Å². The molecule has 5 nitrogen and oxygen atoms in total. The zero-order valence-corrected chi connectivity index (χ0v) is 15.2. The first-order chi connectivity index (χ1) is 12.8. The Bertz CT molecular complexity index is 937. The Hall–Kier alpha value is -3.28. The van der Waals surface area contributed by atoms with Crippen molar-refractivity contribution >= 4 is 11.9 Å². The molecule has 3 rings (SSSR count). The first-order valence-corrected chi connectivity index (χ1v) is 8.57. The van der Waals surface area contributed by atoms with E-state index in [0.29, 0.717) is 18.1 Å². The minimum atomic E-state index is -0.473. The molecule has 0 aliphatic heterocycles. The van der Waals surface area contributed by atoms with Crippen LogP contribution in [0.25, 0.3) is 11.1 Å². The summed E-state index contributed by atoms with van der Waals surface area (Å²) in [4.78, 5) is 20.0. The van der Waals surface area contributed by atoms with Crippen molar-refractivity contribution in [2.24, 2.45) is 5.73 Å². The molecule has 0 unspecified atom stereocenters. The van der Waals surface area contributed by atoms with Gasteiger partial charge in [0.05, 0.1) is 0 Å². The van der Waals surface area contributed by atoms with Gasteiger partial charge in [-0.2, -0.15) is 0 Å². The third-order valence-electron chi connectivity index (χ3n) is 4.45. The molecular formula is C21H21FN4O. The number of nitrogens with two attached hydrogens (primary N) is 1. The van der Waals surface area contributed by atoms with Crippen LogP contribution in [-0.2, 0) is 5.41 Å². The van der Waals surface area contributed by atoms with E-state index in [2.05, 4.69) is 29.1 Å². The second kappa shape index (κ2) is 7.53. The molecule has 0 bridgehead atoms. The minimum absolute atomic E-state index is 0.217. The Labute approximate surface area is 157 Å². The summed E-state index contributed by atoms with van der Waals surface area (Å²) in [6.45, 7) is 4.73. The molecule has 0 fully saturated rings. The van der Waals surface area contributed by atoms with Crippen LogP contribution in [-0.4, -0.2) is 22.4 Å². The van der Waals surface area contributed by atoms with Crippen LogP contribution in [0.15, 0.2) is 60.9 Å². The maximum absolute atomic E-state index is 13.1. The van der Waals surface area contributed by atoms with Gasteiger partial charge in [0.2, 0.25) is 11.9 Å². The number of hydrogen-bond acceptors (Lipinski definition) is 4. The summed E-state index contributed by atoms with van der Waals surface area (Å²) in [5.74, 6) is -0.221. The summed E-state index contributed by atoms with van der Waals surface area (Å²) < 4.78 is 13.1. The van der Waals surface area contributed by atoms with Crippen LogP contribution in [0.3, 0.4) is 0 Å². The van der Waals surface area contributed by atoms with Gasteiger partial charge >= 0.3 is 0 Å². The van der Waals surface area contributed by atoms with Gasteiger partial charge in [-0.15, -0.1) is 0 Å². The van der Waals surface area contributed by atoms with Crippen LogP contribution >= 0.6 is 0 Å². The van der Waals surface area contributed by atoms with Crippen LogP contribution in [0.2, 0.25) is 0 Å². The number of halogens is 1. The lowest BCUT2D eigenvalue weighted by molar-refractivity contribution is 0.100. The van der Waals surface area contributed by atoms with Gasteiger partial charge in [0.1, 0.15) is 5.82 Å². The standard InChI is InChI=1S/C21H21FN4O/c1-21(2,17-6-8-18(22)9-7-17)13-26-20-24-11-16(12-25-20)14-4-3-5-15(10-14)19(23)27/h3-12H,13H2,1-2H3,(H2,23,27)(H,24,25,26). The molecule has 0 saturated carbocycles. The van der Waals surface area contributed by atoms with Crippen LogP contribution in [0.5, 0.6) is 0 Å². The zero-order valence-electron chi connectivity index (χ0n) is 15.2. The Morgan fingerprint density at radius 3 is 2.37 bits per heavy atom. The molecule has 1 amide bonds. The summed E-state index contributed by atoms with van der Waals surface area (Å²) in [5, 5.41) is 3.22. The zero-order chi connectivity index (χ0) is 19.4. The molecule has 0 radical (unpaired) electrons. The van der Waals surface area contributed by atoms with Gasteiger partial charge in [-0.3, -0.25) is 4.79 Å². The van der Waals surface area contributed by atoms with Crippen molar-refractivity contribution in [3.05, 3.63) is 77.9 Å². The third kappa shape index (κ3) is 4.47. The molecule has 138 valence electrons. The van der Waals surface area contributed by atoms with E-state index >= 15 is 0 Å². The van der Waals surface area contributed by atoms with Gasteiger partial charge in [-0.25, -0.2) is 14.4 Å². The Morgan fingerprint density at radius 2 is 1.74 bits per heavy atom. The van der Waals surface area contributed by atoms with Gasteiger partial charge in [-0.05, 0) is 35.4 Å². The minimum Gasteiger partial charge on any atom is -0.366 e. The van der Waals surface area contributed by atoms with Gasteiger partial charge in [0.25, 0.3) is 0 Å². The predicted molar refractivity (Wildman–Crippen MR) is 104 cm³/mol. The maximum Gasteiger partial charge on any atom is 0.248 e. The average Bonchev–Trinajstić information content (AvgIpc) is 2.67. The molecule has 0 atom stereocenters. The van der Waals surface area contributed by atoms with E-state index in [-0.39, 0.29) is 11.2 Å². The normalized spacial score (nSPS) is 11.2. The fourth-order valence-corrected chi connectivity index (χ4v) is 2.72. The second-order valence-corrected chi connectivity index (χ2v) is 6.98. The number of carbonyl (C=O) groups excluding carboxylic acids is 1. The molecule has 0 aliphatic carbocycles. The number of aromatic nitrogens is 2. The van der Waals surface area contributed by atoms with Crippen LogP contribution in [0.1, 0.15) is 29.8 Å². The van der Waals surface area contributed by atoms with Gasteiger partial charge < -0.3 is 11.1 Å². The molecule has 3 aromatic rings. The molecule has 0 aliphatic rings. The number of benzene rings is 2. The molecular weight excluding hydrogens is 343 g/mol.